The van der Waals surface area contributed by atoms with Crippen molar-refractivity contribution < 1.29 is 67.3 Å². The lowest BCUT2D eigenvalue weighted by molar-refractivity contribution is 0.0504. The summed E-state index contributed by atoms with van der Waals surface area (Å²) in [5.74, 6) is 4.94. The smallest absolute Gasteiger partial charge is 0.416 e. The van der Waals surface area contributed by atoms with Crippen molar-refractivity contribution in [2.45, 2.75) is 114 Å². The maximum atomic E-state index is 13.5. The van der Waals surface area contributed by atoms with E-state index in [4.69, 9.17) is 108 Å². The zero-order chi connectivity index (χ0) is 104. The van der Waals surface area contributed by atoms with E-state index in [0.29, 0.717) is 111 Å². The Morgan fingerprint density at radius 3 is 1.02 bits per heavy atom. The van der Waals surface area contributed by atoms with Crippen molar-refractivity contribution in [3.63, 3.8) is 0 Å². The molecule has 0 aliphatic carbocycles. The molecule has 29 nitrogen and oxygen atoms in total. The van der Waals surface area contributed by atoms with Gasteiger partial charge in [0.05, 0.1) is 39.2 Å². The molecule has 8 atom stereocenters. The van der Waals surface area contributed by atoms with Crippen LogP contribution in [0.3, 0.4) is 0 Å². The van der Waals surface area contributed by atoms with Crippen LogP contribution < -0.4 is 28.4 Å². The van der Waals surface area contributed by atoms with E-state index in [2.05, 4.69) is 95.3 Å². The van der Waals surface area contributed by atoms with E-state index in [1.165, 1.54) is 57.0 Å². The number of hydrogen-bond acceptors (Lipinski definition) is 20. The number of nitrogens with one attached hydrogen (secondary N) is 4. The van der Waals surface area contributed by atoms with Gasteiger partial charge in [-0.05, 0) is 314 Å². The predicted molar refractivity (Wildman–Crippen MR) is 585 cm³/mol. The highest BCUT2D eigenvalue weighted by atomic mass is 35.5. The first kappa shape index (κ1) is 106. The first-order chi connectivity index (χ1) is 72.7. The monoisotopic (exact) mass is 2150 g/mol. The number of rotatable bonds is 23. The number of piperazine rings is 1. The van der Waals surface area contributed by atoms with E-state index >= 15 is 0 Å². The third-order valence-corrected chi connectivity index (χ3v) is 30.3. The molecule has 0 bridgehead atoms. The molecule has 5 aromatic heterocycles. The van der Waals surface area contributed by atoms with Gasteiger partial charge in [0.2, 0.25) is 0 Å². The second-order valence-corrected chi connectivity index (χ2v) is 42.5. The van der Waals surface area contributed by atoms with Crippen LogP contribution in [0.4, 0.5) is 19.2 Å². The number of aromatic amines is 4. The Bertz CT molecular complexity index is 7170. The maximum Gasteiger partial charge on any atom is 0.416 e. The number of H-pyrrole nitrogens is 4. The van der Waals surface area contributed by atoms with Gasteiger partial charge in [0.15, 0.2) is 0 Å². The van der Waals surface area contributed by atoms with Crippen LogP contribution in [0, 0.1) is 11.8 Å². The van der Waals surface area contributed by atoms with Crippen LogP contribution in [-0.4, -0.2) is 267 Å². The number of carbonyl (C=O) groups excluding carboxylic acids is 4. The molecule has 10 aromatic carbocycles. The van der Waals surface area contributed by atoms with Gasteiger partial charge < -0.3 is 82.7 Å². The number of methoxy groups -OCH3 is 1. The van der Waals surface area contributed by atoms with E-state index < -0.39 is 36.5 Å². The summed E-state index contributed by atoms with van der Waals surface area (Å²) in [4.78, 5) is 83.3. The van der Waals surface area contributed by atoms with Gasteiger partial charge in [0.25, 0.3) is 0 Å². The largest absolute Gasteiger partial charge is 0.493 e. The van der Waals surface area contributed by atoms with Crippen LogP contribution >= 0.6 is 69.6 Å². The fourth-order valence-corrected chi connectivity index (χ4v) is 22.5. The molecule has 22 rings (SSSR count). The van der Waals surface area contributed by atoms with E-state index in [9.17, 15) is 29.4 Å². The molecule has 150 heavy (non-hydrogen) atoms. The number of ether oxygens (including phenoxy) is 8. The highest BCUT2D eigenvalue weighted by Crippen LogP contribution is 2.47. The van der Waals surface area contributed by atoms with Gasteiger partial charge in [-0.15, -0.1) is 5.10 Å². The van der Waals surface area contributed by atoms with Gasteiger partial charge in [0, 0.05) is 187 Å². The Kier molecular flexibility index (Phi) is 34.0. The minimum Gasteiger partial charge on any atom is -0.493 e. The Labute approximate surface area is 901 Å². The lowest BCUT2D eigenvalue weighted by Crippen LogP contribution is -2.47. The first-order valence-corrected chi connectivity index (χ1v) is 53.4. The summed E-state index contributed by atoms with van der Waals surface area (Å²) >= 11 is 37.2. The van der Waals surface area contributed by atoms with Crippen molar-refractivity contribution in [2.24, 2.45) is 11.8 Å². The Morgan fingerprint density at radius 1 is 0.373 bits per heavy atom. The number of nitrogens with zero attached hydrogens (tertiary/aromatic N) is 11. The molecule has 15 aromatic rings. The van der Waals surface area contributed by atoms with Crippen molar-refractivity contribution >= 4 is 138 Å². The Balaban J connectivity index is 0.000000126. The number of amides is 4. The predicted octanol–water partition coefficient (Wildman–Crippen LogP) is 22.6. The highest BCUT2D eigenvalue weighted by Gasteiger charge is 2.42. The van der Waals surface area contributed by atoms with Gasteiger partial charge in [-0.3, -0.25) is 24.5 Å². The Hall–Kier alpha value is -12.7. The maximum absolute atomic E-state index is 13.5. The van der Waals surface area contributed by atoms with Crippen molar-refractivity contribution in [1.82, 2.24) is 74.1 Å². The number of benzene rings is 10. The summed E-state index contributed by atoms with van der Waals surface area (Å²) in [5.41, 5.74) is 16.4. The van der Waals surface area contributed by atoms with Crippen LogP contribution in [-0.2, 0) is 41.7 Å². The molecule has 8 unspecified atom stereocenters. The van der Waals surface area contributed by atoms with Gasteiger partial charge in [-0.1, -0.05) is 123 Å². The van der Waals surface area contributed by atoms with Gasteiger partial charge >= 0.3 is 24.4 Å². The molecule has 3 fully saturated rings. The normalized spacial score (nSPS) is 18.8. The number of piperidine rings is 2. The fraction of sp³-hybridized carbons (Fsp3) is 0.357. The van der Waals surface area contributed by atoms with E-state index in [1.54, 1.807) is 80.3 Å². The van der Waals surface area contributed by atoms with E-state index in [0.717, 1.165) is 177 Å². The summed E-state index contributed by atoms with van der Waals surface area (Å²) in [6.07, 6.45) is 7.87. The van der Waals surface area contributed by atoms with Gasteiger partial charge in [0.1, 0.15) is 84.1 Å². The molecular formula is C115H123Cl6N15O14. The number of halogens is 6. The van der Waals surface area contributed by atoms with Gasteiger partial charge in [-0.25, -0.2) is 23.9 Å². The number of likely N-dealkylation sites (tertiary alicyclic amines) is 2. The average Bonchev–Trinajstić information content (AvgIpc) is 1.61. The van der Waals surface area contributed by atoms with Crippen LogP contribution in [0.25, 0.3) is 43.6 Å². The molecule has 0 radical (unpaired) electrons. The average molecular weight is 2150 g/mol. The van der Waals surface area contributed by atoms with E-state index in [-0.39, 0.29) is 50.1 Å². The third kappa shape index (κ3) is 25.3. The number of aliphatic hydroxyl groups is 2. The minimum atomic E-state index is -0.751. The summed E-state index contributed by atoms with van der Waals surface area (Å²) < 4.78 is 47.7. The van der Waals surface area contributed by atoms with Crippen LogP contribution in [0.2, 0.25) is 30.1 Å². The van der Waals surface area contributed by atoms with Crippen molar-refractivity contribution in [3.05, 3.63) is 328 Å². The molecule has 784 valence electrons. The topological polar surface area (TPSA) is 302 Å². The standard InChI is InChI=1S/C32H34Cl2N4O4.C29H25Cl2N5O4.C28H34ClN3O3.C26H30ClN3O3/c1-36-14-16-37(17-15-36)19-24(39)20-41-25-7-2-21(3-8-25)31-30-27(28-18-23(34)6-11-29(28)35-30)12-13-38(31)32(40)42-26-9-4-22(33)5-10-26;30-19-3-8-23(9-4-19)40-29(38)36-13-11-24-25-15-20(31)5-10-26(25)33-27(24)28(36)18-1-6-22(7-2-18)39-17-21(37)16-35-14-12-32-34-35;1-18(2)35-28(33)32-14-12-23-24-15-21(29)8-11-25(24)30-26(23)27(32)20-6-9-22(10-7-20)34-17-19-5-4-13-31(3)16-19;1-29-12-3-4-17(15-29)16-33-20-8-5-18(6-9-20)25-24-21(11-13-30(25)26(31)32-2)22-14-19(27)7-10-23(22)28-24/h2-11,18,24,31,35,39H,12-17,19-20H2,1H3;1-10,12,14-15,21,28,33,37H,11,13,16-17H2;6-11,15,18-19,27,30H,4-5,12-14,16-17H2,1-3H3;5-10,14,17,25,28H,3-4,11-13,15-16H2,1-2H3. The van der Waals surface area contributed by atoms with Gasteiger partial charge in [-0.2, -0.15) is 0 Å². The number of hydrogen-bond donors (Lipinski definition) is 6. The minimum absolute atomic E-state index is 0.0924. The second-order valence-electron chi connectivity index (χ2n) is 39.9. The van der Waals surface area contributed by atoms with Crippen molar-refractivity contribution in [3.8, 4) is 34.5 Å². The SMILES string of the molecule is CC(C)OC(=O)N1CCc2c([nH]c3ccc(Cl)cc23)C1c1ccc(OCC2CCCN(C)C2)cc1.CN1CCN(CC(O)COc2ccc(C3c4[nH]c5ccc(Cl)cc5c4CCN3C(=O)Oc3ccc(Cl)cc3)cc2)CC1.COC(=O)N1CCc2c([nH]c3ccc(Cl)cc23)C1c1ccc(OCC2CCCN(C)C2)cc1.O=C(Oc1ccc(Cl)cc1)N1CCc2c([nH]c3ccc(Cl)cc23)C1c1ccc(OCC(O)Cn2ccnn2)cc1. The number of aliphatic hydroxyl groups excluding tert-OH is 2. The summed E-state index contributed by atoms with van der Waals surface area (Å²) in [6, 6.07) is 66.8. The molecule has 7 aliphatic heterocycles. The van der Waals surface area contributed by atoms with Crippen molar-refractivity contribution in [2.75, 3.05) is 140 Å². The molecule has 3 saturated heterocycles. The number of aromatic nitrogens is 7. The molecule has 7 aliphatic rings. The molecule has 4 amide bonds. The van der Waals surface area contributed by atoms with Crippen LogP contribution in [0.15, 0.2) is 231 Å². The van der Waals surface area contributed by atoms with Crippen molar-refractivity contribution in [1.29, 1.82) is 0 Å². The molecular weight excluding hydrogens is 2030 g/mol. The summed E-state index contributed by atoms with van der Waals surface area (Å²) in [7, 11) is 7.89. The number of carbonyl (C=O) groups is 4. The molecule has 0 saturated carbocycles. The van der Waals surface area contributed by atoms with Crippen LogP contribution in [0.1, 0.15) is 131 Å². The molecule has 12 heterocycles. The molecule has 6 N–H and O–H groups in total. The zero-order valence-electron chi connectivity index (χ0n) is 84.5. The van der Waals surface area contributed by atoms with Crippen LogP contribution in [0.5, 0.6) is 34.5 Å². The second kappa shape index (κ2) is 48.3. The summed E-state index contributed by atoms with van der Waals surface area (Å²) in [5, 5.41) is 36.6. The molecule has 0 spiro atoms. The number of fused-ring (bicyclic) bond motifs is 12. The molecule has 35 heteroatoms. The zero-order valence-corrected chi connectivity index (χ0v) is 89.0. The summed E-state index contributed by atoms with van der Waals surface area (Å²) in [6.45, 7) is 16.9. The number of β-amino-alcohol motifs (C(OH)–C–C–N with tert-alkyl or cyclic N) is 1. The third-order valence-electron chi connectivity index (χ3n) is 28.9. The quantitative estimate of drug-likeness (QED) is 0.0347. The Morgan fingerprint density at radius 2 is 0.693 bits per heavy atom. The lowest BCUT2D eigenvalue weighted by Gasteiger charge is -2.36. The fourth-order valence-electron chi connectivity index (χ4n) is 21.5. The van der Waals surface area contributed by atoms with E-state index in [1.807, 2.05) is 164 Å². The lowest BCUT2D eigenvalue weighted by atomic mass is 9.92. The highest BCUT2D eigenvalue weighted by molar-refractivity contribution is 6.33. The first-order valence-electron chi connectivity index (χ1n) is 51.1. The number of likely N-dealkylation sites (N-methyl/N-ethyl adjacent to an activating group) is 1.